The van der Waals surface area contributed by atoms with Crippen LogP contribution in [0, 0.1) is 6.04 Å². The Labute approximate surface area is 67.2 Å². The standard InChI is InChI=1S/C10H12N/c11-10-7-3-5-8-4-1-2-6-9(8)10/h1-2,4,6H,3,5,7,11H2. The van der Waals surface area contributed by atoms with Crippen LogP contribution in [0.1, 0.15) is 24.0 Å². The molecule has 0 bridgehead atoms. The normalized spacial score (nSPS) is 17.9. The molecule has 0 heterocycles. The molecule has 0 aromatic heterocycles. The molecular weight excluding hydrogens is 134 g/mol. The molecule has 11 heavy (non-hydrogen) atoms. The van der Waals surface area contributed by atoms with Gasteiger partial charge in [-0.25, -0.2) is 0 Å². The Bertz CT molecular complexity index is 255. The molecule has 1 nitrogen and oxygen atoms in total. The van der Waals surface area contributed by atoms with Gasteiger partial charge in [-0.05, 0) is 30.4 Å². The van der Waals surface area contributed by atoms with Crippen LogP contribution in [0.25, 0.3) is 0 Å². The van der Waals surface area contributed by atoms with Gasteiger partial charge in [-0.1, -0.05) is 24.3 Å². The zero-order valence-electron chi connectivity index (χ0n) is 6.51. The van der Waals surface area contributed by atoms with Crippen molar-refractivity contribution in [1.82, 2.24) is 0 Å². The molecule has 0 aliphatic heterocycles. The van der Waals surface area contributed by atoms with E-state index in [1.54, 1.807) is 0 Å². The predicted molar refractivity (Wildman–Crippen MR) is 45.9 cm³/mol. The largest absolute Gasteiger partial charge is 0.320 e. The Morgan fingerprint density at radius 3 is 2.73 bits per heavy atom. The van der Waals surface area contributed by atoms with Crippen LogP contribution in [0.2, 0.25) is 0 Å². The zero-order chi connectivity index (χ0) is 7.68. The molecule has 0 spiro atoms. The maximum absolute atomic E-state index is 5.86. The quantitative estimate of drug-likeness (QED) is 0.594. The molecule has 2 N–H and O–H groups in total. The first-order valence-electron chi connectivity index (χ1n) is 4.07. The summed E-state index contributed by atoms with van der Waals surface area (Å²) in [5.41, 5.74) is 8.55. The third-order valence-electron chi connectivity index (χ3n) is 2.26. The zero-order valence-corrected chi connectivity index (χ0v) is 6.51. The minimum Gasteiger partial charge on any atom is -0.320 e. The third kappa shape index (κ3) is 1.16. The highest BCUT2D eigenvalue weighted by Gasteiger charge is 2.15. The summed E-state index contributed by atoms with van der Waals surface area (Å²) < 4.78 is 0. The Kier molecular flexibility index (Phi) is 1.66. The van der Waals surface area contributed by atoms with Crippen molar-refractivity contribution < 1.29 is 0 Å². The van der Waals surface area contributed by atoms with Crippen LogP contribution >= 0.6 is 0 Å². The Hall–Kier alpha value is -0.820. The van der Waals surface area contributed by atoms with E-state index < -0.39 is 0 Å². The molecule has 1 aromatic rings. The highest BCUT2D eigenvalue weighted by Crippen LogP contribution is 2.26. The van der Waals surface area contributed by atoms with E-state index in [4.69, 9.17) is 5.73 Å². The van der Waals surface area contributed by atoms with Crippen LogP contribution < -0.4 is 5.73 Å². The summed E-state index contributed by atoms with van der Waals surface area (Å²) >= 11 is 0. The Morgan fingerprint density at radius 2 is 1.91 bits per heavy atom. The fourth-order valence-corrected chi connectivity index (χ4v) is 1.66. The highest BCUT2D eigenvalue weighted by molar-refractivity contribution is 5.39. The lowest BCUT2D eigenvalue weighted by Crippen LogP contribution is -2.17. The second kappa shape index (κ2) is 2.67. The number of rotatable bonds is 0. The third-order valence-corrected chi connectivity index (χ3v) is 2.26. The van der Waals surface area contributed by atoms with Gasteiger partial charge in [0.25, 0.3) is 0 Å². The molecule has 2 rings (SSSR count). The first kappa shape index (κ1) is 6.86. The summed E-state index contributed by atoms with van der Waals surface area (Å²) in [6.07, 6.45) is 3.47. The van der Waals surface area contributed by atoms with Gasteiger partial charge in [0.05, 0.1) is 6.04 Å². The van der Waals surface area contributed by atoms with E-state index in [9.17, 15) is 0 Å². The summed E-state index contributed by atoms with van der Waals surface area (Å²) in [6, 6.07) is 9.48. The summed E-state index contributed by atoms with van der Waals surface area (Å²) in [4.78, 5) is 0. The van der Waals surface area contributed by atoms with E-state index >= 15 is 0 Å². The molecule has 0 saturated heterocycles. The molecule has 0 amide bonds. The maximum Gasteiger partial charge on any atom is 0.0637 e. The molecule has 0 unspecified atom stereocenters. The molecule has 1 aromatic carbocycles. The minimum absolute atomic E-state index is 1.06. The Balaban J connectivity index is 2.44. The van der Waals surface area contributed by atoms with Gasteiger partial charge in [0.15, 0.2) is 0 Å². The maximum atomic E-state index is 5.86. The average Bonchev–Trinajstić information content (AvgIpc) is 2.06. The molecule has 0 fully saturated rings. The van der Waals surface area contributed by atoms with Crippen LogP contribution in [-0.2, 0) is 6.42 Å². The summed E-state index contributed by atoms with van der Waals surface area (Å²) in [5, 5.41) is 0. The average molecular weight is 146 g/mol. The summed E-state index contributed by atoms with van der Waals surface area (Å²) in [7, 11) is 0. The van der Waals surface area contributed by atoms with Crippen molar-refractivity contribution in [3.8, 4) is 0 Å². The molecule has 0 saturated carbocycles. The number of hydrogen-bond acceptors (Lipinski definition) is 1. The SMILES string of the molecule is N[C]1CCCc2ccccc21. The van der Waals surface area contributed by atoms with Gasteiger partial charge in [0.1, 0.15) is 0 Å². The van der Waals surface area contributed by atoms with E-state index in [2.05, 4.69) is 24.3 Å². The fourth-order valence-electron chi connectivity index (χ4n) is 1.66. The number of fused-ring (bicyclic) bond motifs is 1. The van der Waals surface area contributed by atoms with Crippen LogP contribution in [0.3, 0.4) is 0 Å². The molecule has 1 aliphatic rings. The smallest absolute Gasteiger partial charge is 0.0637 e. The van der Waals surface area contributed by atoms with Crippen molar-refractivity contribution in [2.75, 3.05) is 0 Å². The first-order chi connectivity index (χ1) is 5.38. The van der Waals surface area contributed by atoms with Gasteiger partial charge >= 0.3 is 0 Å². The molecule has 0 atom stereocenters. The van der Waals surface area contributed by atoms with Gasteiger partial charge in [-0.15, -0.1) is 0 Å². The van der Waals surface area contributed by atoms with Crippen molar-refractivity contribution in [3.05, 3.63) is 41.4 Å². The van der Waals surface area contributed by atoms with Crippen molar-refractivity contribution in [1.29, 1.82) is 0 Å². The minimum atomic E-state index is 1.06. The van der Waals surface area contributed by atoms with Crippen LogP contribution in [0.4, 0.5) is 0 Å². The summed E-state index contributed by atoms with van der Waals surface area (Å²) in [5.74, 6) is 0. The monoisotopic (exact) mass is 146 g/mol. The lowest BCUT2D eigenvalue weighted by molar-refractivity contribution is 0.704. The van der Waals surface area contributed by atoms with Crippen molar-refractivity contribution in [2.24, 2.45) is 5.73 Å². The number of benzene rings is 1. The predicted octanol–water partition coefficient (Wildman–Crippen LogP) is 1.86. The van der Waals surface area contributed by atoms with Gasteiger partial charge in [0.2, 0.25) is 0 Å². The van der Waals surface area contributed by atoms with Crippen LogP contribution in [0.5, 0.6) is 0 Å². The lowest BCUT2D eigenvalue weighted by atomic mass is 9.88. The van der Waals surface area contributed by atoms with Crippen molar-refractivity contribution >= 4 is 0 Å². The van der Waals surface area contributed by atoms with Gasteiger partial charge in [0, 0.05) is 0 Å². The lowest BCUT2D eigenvalue weighted by Gasteiger charge is -2.20. The first-order valence-corrected chi connectivity index (χ1v) is 4.07. The highest BCUT2D eigenvalue weighted by atomic mass is 14.6. The van der Waals surface area contributed by atoms with Crippen LogP contribution in [-0.4, -0.2) is 0 Å². The summed E-state index contributed by atoms with van der Waals surface area (Å²) in [6.45, 7) is 0. The number of nitrogens with two attached hydrogens (primary N) is 1. The molecular formula is C10H12N. The second-order valence-corrected chi connectivity index (χ2v) is 3.04. The number of hydrogen-bond donors (Lipinski definition) is 1. The van der Waals surface area contributed by atoms with Gasteiger partial charge in [-0.2, -0.15) is 0 Å². The van der Waals surface area contributed by atoms with Crippen molar-refractivity contribution in [2.45, 2.75) is 19.3 Å². The second-order valence-electron chi connectivity index (χ2n) is 3.04. The molecule has 1 aliphatic carbocycles. The topological polar surface area (TPSA) is 26.0 Å². The fraction of sp³-hybridized carbons (Fsp3) is 0.300. The van der Waals surface area contributed by atoms with Gasteiger partial charge in [-0.3, -0.25) is 0 Å². The van der Waals surface area contributed by atoms with E-state index in [-0.39, 0.29) is 0 Å². The van der Waals surface area contributed by atoms with E-state index in [1.807, 2.05) is 0 Å². The van der Waals surface area contributed by atoms with Gasteiger partial charge < -0.3 is 5.73 Å². The molecule has 1 heteroatoms. The van der Waals surface area contributed by atoms with E-state index in [1.165, 1.54) is 24.0 Å². The van der Waals surface area contributed by atoms with E-state index in [0.717, 1.165) is 12.5 Å². The van der Waals surface area contributed by atoms with E-state index in [0.29, 0.717) is 0 Å². The molecule has 1 radical (unpaired) electrons. The Morgan fingerprint density at radius 1 is 1.09 bits per heavy atom. The van der Waals surface area contributed by atoms with Crippen molar-refractivity contribution in [3.63, 3.8) is 0 Å². The number of aryl methyl sites for hydroxylation is 1. The van der Waals surface area contributed by atoms with Crippen LogP contribution in [0.15, 0.2) is 24.3 Å². The molecule has 57 valence electrons.